The van der Waals surface area contributed by atoms with Crippen LogP contribution in [-0.4, -0.2) is 0 Å². The predicted molar refractivity (Wildman–Crippen MR) is 98.5 cm³/mol. The zero-order valence-electron chi connectivity index (χ0n) is 14.7. The van der Waals surface area contributed by atoms with Crippen molar-refractivity contribution in [2.75, 3.05) is 0 Å². The zero-order chi connectivity index (χ0) is 17.4. The maximum atomic E-state index is 14.3. The molecule has 1 fully saturated rings. The molecule has 1 aliphatic rings. The summed E-state index contributed by atoms with van der Waals surface area (Å²) in [6, 6.07) is 3.18. The van der Waals surface area contributed by atoms with Crippen LogP contribution in [0, 0.1) is 17.6 Å². The van der Waals surface area contributed by atoms with E-state index < -0.39 is 0 Å². The fraction of sp³-hybridized carbons (Fsp3) is 0.619. The van der Waals surface area contributed by atoms with Crippen LogP contribution < -0.4 is 0 Å². The number of rotatable bonds is 8. The summed E-state index contributed by atoms with van der Waals surface area (Å²) in [5, 5.41) is 0. The van der Waals surface area contributed by atoms with Gasteiger partial charge in [0.2, 0.25) is 0 Å². The Morgan fingerprint density at radius 3 is 2.33 bits per heavy atom. The van der Waals surface area contributed by atoms with Crippen LogP contribution in [-0.2, 0) is 6.42 Å². The molecule has 0 atom stereocenters. The van der Waals surface area contributed by atoms with E-state index in [0.29, 0.717) is 12.3 Å². The Labute approximate surface area is 150 Å². The Balaban J connectivity index is 1.93. The van der Waals surface area contributed by atoms with E-state index in [0.717, 1.165) is 69.3 Å². The Morgan fingerprint density at radius 1 is 1.08 bits per heavy atom. The molecule has 0 bridgehead atoms. The molecule has 0 aromatic heterocycles. The lowest BCUT2D eigenvalue weighted by molar-refractivity contribution is 0.311. The molecule has 0 aliphatic heterocycles. The molecule has 1 aromatic carbocycles. The first-order chi connectivity index (χ1) is 11.7. The zero-order valence-corrected chi connectivity index (χ0v) is 15.4. The normalized spacial score (nSPS) is 21.5. The number of allylic oxidation sites excluding steroid dienone is 1. The van der Waals surface area contributed by atoms with Gasteiger partial charge >= 0.3 is 0 Å². The maximum Gasteiger partial charge on any atom is 0.129 e. The van der Waals surface area contributed by atoms with Gasteiger partial charge in [0, 0.05) is 11.1 Å². The second-order valence-corrected chi connectivity index (χ2v) is 7.33. The van der Waals surface area contributed by atoms with Crippen LogP contribution in [0.4, 0.5) is 8.78 Å². The number of unbranched alkanes of at least 4 members (excludes halogenated alkanes) is 2. The maximum absolute atomic E-state index is 14.3. The van der Waals surface area contributed by atoms with E-state index in [1.807, 2.05) is 6.08 Å². The van der Waals surface area contributed by atoms with Gasteiger partial charge in [-0.25, -0.2) is 8.78 Å². The van der Waals surface area contributed by atoms with Gasteiger partial charge in [-0.15, -0.1) is 0 Å². The number of halogens is 3. The lowest BCUT2D eigenvalue weighted by atomic mass is 9.77. The van der Waals surface area contributed by atoms with E-state index in [9.17, 15) is 8.78 Å². The molecule has 0 nitrogen and oxygen atoms in total. The van der Waals surface area contributed by atoms with E-state index >= 15 is 0 Å². The molecule has 1 aromatic rings. The van der Waals surface area contributed by atoms with Gasteiger partial charge in [-0.1, -0.05) is 37.4 Å². The number of hydrogen-bond donors (Lipinski definition) is 0. The Kier molecular flexibility index (Phi) is 8.24. The van der Waals surface area contributed by atoms with Gasteiger partial charge in [0.1, 0.15) is 11.6 Å². The molecule has 134 valence electrons. The summed E-state index contributed by atoms with van der Waals surface area (Å²) >= 11 is 5.55. The molecule has 1 aliphatic carbocycles. The minimum Gasteiger partial charge on any atom is -0.207 e. The molecule has 0 radical (unpaired) electrons. The second-order valence-electron chi connectivity index (χ2n) is 7.08. The predicted octanol–water partition coefficient (Wildman–Crippen LogP) is 7.50. The first kappa shape index (κ1) is 19.4. The topological polar surface area (TPSA) is 0 Å². The molecule has 0 unspecified atom stereocenters. The van der Waals surface area contributed by atoms with Gasteiger partial charge in [0.25, 0.3) is 0 Å². The van der Waals surface area contributed by atoms with Crippen molar-refractivity contribution >= 4 is 11.6 Å². The Hall–Kier alpha value is -0.890. The number of benzene rings is 1. The van der Waals surface area contributed by atoms with Crippen LogP contribution in [0.1, 0.15) is 81.8 Å². The quantitative estimate of drug-likeness (QED) is 0.424. The van der Waals surface area contributed by atoms with Crippen LogP contribution >= 0.6 is 11.6 Å². The molecule has 24 heavy (non-hydrogen) atoms. The van der Waals surface area contributed by atoms with Crippen molar-refractivity contribution < 1.29 is 8.78 Å². The molecule has 0 spiro atoms. The molecule has 0 N–H and O–H groups in total. The molecule has 0 heterocycles. The van der Waals surface area contributed by atoms with Gasteiger partial charge < -0.3 is 0 Å². The summed E-state index contributed by atoms with van der Waals surface area (Å²) in [4.78, 5) is 0. The minimum absolute atomic E-state index is 0.272. The second kappa shape index (κ2) is 10.2. The SMILES string of the molecule is CCCCCc1c(F)cc(C2CCC(CC/C=C/Cl)CC2)cc1F. The van der Waals surface area contributed by atoms with E-state index in [4.69, 9.17) is 11.6 Å². The fourth-order valence-corrected chi connectivity index (χ4v) is 3.95. The van der Waals surface area contributed by atoms with Crippen LogP contribution in [0.2, 0.25) is 0 Å². The Bertz CT molecular complexity index is 508. The molecule has 0 amide bonds. The summed E-state index contributed by atoms with van der Waals surface area (Å²) in [6.45, 7) is 2.10. The molecular formula is C21H29ClF2. The van der Waals surface area contributed by atoms with Crippen LogP contribution in [0.15, 0.2) is 23.7 Å². The third-order valence-electron chi connectivity index (χ3n) is 5.34. The van der Waals surface area contributed by atoms with Crippen LogP contribution in [0.3, 0.4) is 0 Å². The van der Waals surface area contributed by atoms with E-state index in [1.54, 1.807) is 17.7 Å². The van der Waals surface area contributed by atoms with Gasteiger partial charge in [-0.2, -0.15) is 0 Å². The van der Waals surface area contributed by atoms with Crippen molar-refractivity contribution in [3.05, 3.63) is 46.5 Å². The van der Waals surface area contributed by atoms with Gasteiger partial charge in [0.05, 0.1) is 0 Å². The standard InChI is InChI=1S/C21H29ClF2/c1-2-3-4-8-19-20(23)14-18(15-21(19)24)17-11-9-16(10-12-17)7-5-6-13-22/h6,13-17H,2-5,7-12H2,1H3/b13-6+. The monoisotopic (exact) mass is 354 g/mol. The summed E-state index contributed by atoms with van der Waals surface area (Å²) in [5.41, 5.74) is 2.70. The summed E-state index contributed by atoms with van der Waals surface area (Å²) in [6.07, 6.45) is 12.0. The van der Waals surface area contributed by atoms with Crippen LogP contribution in [0.5, 0.6) is 0 Å². The van der Waals surface area contributed by atoms with Gasteiger partial charge in [0.15, 0.2) is 0 Å². The van der Waals surface area contributed by atoms with Gasteiger partial charge in [-0.3, -0.25) is 0 Å². The lowest BCUT2D eigenvalue weighted by Gasteiger charge is -2.29. The third kappa shape index (κ3) is 5.58. The fourth-order valence-electron chi connectivity index (χ4n) is 3.83. The highest BCUT2D eigenvalue weighted by molar-refractivity contribution is 6.25. The molecule has 2 rings (SSSR count). The first-order valence-electron chi connectivity index (χ1n) is 9.38. The van der Waals surface area contributed by atoms with Crippen LogP contribution in [0.25, 0.3) is 0 Å². The van der Waals surface area contributed by atoms with Crippen molar-refractivity contribution in [2.45, 2.75) is 77.0 Å². The molecule has 0 saturated heterocycles. The molecular weight excluding hydrogens is 326 g/mol. The van der Waals surface area contributed by atoms with E-state index in [1.165, 1.54) is 0 Å². The van der Waals surface area contributed by atoms with Crippen molar-refractivity contribution in [3.63, 3.8) is 0 Å². The van der Waals surface area contributed by atoms with E-state index in [2.05, 4.69) is 6.92 Å². The Morgan fingerprint density at radius 2 is 1.75 bits per heavy atom. The first-order valence-corrected chi connectivity index (χ1v) is 9.82. The summed E-state index contributed by atoms with van der Waals surface area (Å²) in [7, 11) is 0. The summed E-state index contributed by atoms with van der Waals surface area (Å²) < 4.78 is 28.6. The third-order valence-corrected chi connectivity index (χ3v) is 5.52. The smallest absolute Gasteiger partial charge is 0.129 e. The molecule has 1 saturated carbocycles. The summed E-state index contributed by atoms with van der Waals surface area (Å²) in [5.74, 6) is 0.321. The average molecular weight is 355 g/mol. The highest BCUT2D eigenvalue weighted by Gasteiger charge is 2.23. The van der Waals surface area contributed by atoms with Crippen molar-refractivity contribution in [1.29, 1.82) is 0 Å². The average Bonchev–Trinajstić information content (AvgIpc) is 2.58. The highest BCUT2D eigenvalue weighted by atomic mass is 35.5. The van der Waals surface area contributed by atoms with E-state index in [-0.39, 0.29) is 17.2 Å². The van der Waals surface area contributed by atoms with Crippen molar-refractivity contribution in [2.24, 2.45) is 5.92 Å². The largest absolute Gasteiger partial charge is 0.207 e. The molecule has 3 heteroatoms. The van der Waals surface area contributed by atoms with Crippen molar-refractivity contribution in [3.8, 4) is 0 Å². The van der Waals surface area contributed by atoms with Crippen molar-refractivity contribution in [1.82, 2.24) is 0 Å². The lowest BCUT2D eigenvalue weighted by Crippen LogP contribution is -2.14. The number of hydrogen-bond acceptors (Lipinski definition) is 0. The van der Waals surface area contributed by atoms with Gasteiger partial charge in [-0.05, 0) is 80.9 Å². The highest BCUT2D eigenvalue weighted by Crippen LogP contribution is 2.38. The minimum atomic E-state index is -0.351.